The Morgan fingerprint density at radius 1 is 0.968 bits per heavy atom. The third-order valence-electron chi connectivity index (χ3n) is 4.90. The fourth-order valence-electron chi connectivity index (χ4n) is 3.41. The first-order chi connectivity index (χ1) is 15.1. The highest BCUT2D eigenvalue weighted by molar-refractivity contribution is 6.29. The highest BCUT2D eigenvalue weighted by Crippen LogP contribution is 2.31. The van der Waals surface area contributed by atoms with Crippen LogP contribution in [-0.2, 0) is 6.42 Å². The van der Waals surface area contributed by atoms with Crippen LogP contribution < -0.4 is 0 Å². The maximum absolute atomic E-state index is 13.3. The summed E-state index contributed by atoms with van der Waals surface area (Å²) in [6, 6.07) is 17.4. The molecule has 6 nitrogen and oxygen atoms in total. The molecule has 0 saturated heterocycles. The Morgan fingerprint density at radius 3 is 2.48 bits per heavy atom. The lowest BCUT2D eigenvalue weighted by Gasteiger charge is -2.08. The van der Waals surface area contributed by atoms with E-state index in [9.17, 15) is 9.50 Å². The number of rotatable bonds is 4. The van der Waals surface area contributed by atoms with E-state index in [-0.39, 0.29) is 16.9 Å². The van der Waals surface area contributed by atoms with E-state index in [4.69, 9.17) is 16.6 Å². The minimum absolute atomic E-state index is 0.00623. The zero-order valence-corrected chi connectivity index (χ0v) is 16.8. The van der Waals surface area contributed by atoms with E-state index in [0.717, 1.165) is 11.1 Å². The molecule has 1 N–H and O–H groups in total. The van der Waals surface area contributed by atoms with E-state index >= 15 is 0 Å². The number of nitrogens with zero attached hydrogens (tertiary/aromatic N) is 5. The van der Waals surface area contributed by atoms with Crippen LogP contribution in [0.4, 0.5) is 4.39 Å². The largest absolute Gasteiger partial charge is 0.493 e. The van der Waals surface area contributed by atoms with Crippen LogP contribution in [0.1, 0.15) is 11.3 Å². The monoisotopic (exact) mass is 431 g/mol. The molecule has 0 fully saturated rings. The van der Waals surface area contributed by atoms with Gasteiger partial charge in [-0.05, 0) is 23.8 Å². The Hall–Kier alpha value is -3.84. The van der Waals surface area contributed by atoms with Gasteiger partial charge in [0.25, 0.3) is 0 Å². The standard InChI is InChI=1S/C23H15ClFN5O/c24-20-11-16(12-26-29-20)21-22-28-18(10-14-6-8-17(25)9-7-14)23(31)30(22)13-19(27-21)15-4-2-1-3-5-15/h1-9,11-13,31H,10H2. The molecule has 2 aromatic carbocycles. The summed E-state index contributed by atoms with van der Waals surface area (Å²) >= 11 is 6.05. The number of imidazole rings is 1. The summed E-state index contributed by atoms with van der Waals surface area (Å²) in [7, 11) is 0. The molecular weight excluding hydrogens is 417 g/mol. The predicted molar refractivity (Wildman–Crippen MR) is 115 cm³/mol. The van der Waals surface area contributed by atoms with Gasteiger partial charge in [0.2, 0.25) is 5.88 Å². The Balaban J connectivity index is 1.71. The zero-order chi connectivity index (χ0) is 21.4. The Morgan fingerprint density at radius 2 is 1.74 bits per heavy atom. The molecule has 0 aliphatic rings. The number of halogens is 2. The van der Waals surface area contributed by atoms with E-state index in [1.807, 2.05) is 30.3 Å². The molecular formula is C23H15ClFN5O. The third-order valence-corrected chi connectivity index (χ3v) is 5.09. The van der Waals surface area contributed by atoms with Crippen molar-refractivity contribution in [2.75, 3.05) is 0 Å². The van der Waals surface area contributed by atoms with Crippen molar-refractivity contribution in [1.82, 2.24) is 24.6 Å². The van der Waals surface area contributed by atoms with Gasteiger partial charge in [0, 0.05) is 23.7 Å². The SMILES string of the molecule is Oc1c(Cc2ccc(F)cc2)nc2c(-c3cnnc(Cl)c3)nc(-c3ccccc3)cn12. The fourth-order valence-corrected chi connectivity index (χ4v) is 3.57. The second kappa shape index (κ2) is 7.77. The second-order valence-electron chi connectivity index (χ2n) is 6.99. The van der Waals surface area contributed by atoms with Crippen LogP contribution >= 0.6 is 11.6 Å². The Kier molecular flexibility index (Phi) is 4.80. The van der Waals surface area contributed by atoms with Crippen molar-refractivity contribution >= 4 is 17.2 Å². The van der Waals surface area contributed by atoms with Crippen molar-refractivity contribution < 1.29 is 9.50 Å². The fraction of sp³-hybridized carbons (Fsp3) is 0.0435. The van der Waals surface area contributed by atoms with Gasteiger partial charge >= 0.3 is 0 Å². The molecule has 0 saturated carbocycles. The average Bonchev–Trinajstić information content (AvgIpc) is 3.10. The second-order valence-corrected chi connectivity index (χ2v) is 7.37. The van der Waals surface area contributed by atoms with Crippen LogP contribution in [0.15, 0.2) is 73.1 Å². The summed E-state index contributed by atoms with van der Waals surface area (Å²) in [4.78, 5) is 9.42. The van der Waals surface area contributed by atoms with Crippen LogP contribution in [0.2, 0.25) is 5.15 Å². The topological polar surface area (TPSA) is 76.2 Å². The molecule has 0 spiro atoms. The predicted octanol–water partition coefficient (Wildman–Crippen LogP) is 4.94. The first kappa shape index (κ1) is 19.1. The number of fused-ring (bicyclic) bond motifs is 1. The van der Waals surface area contributed by atoms with Crippen molar-refractivity contribution in [3.63, 3.8) is 0 Å². The highest BCUT2D eigenvalue weighted by atomic mass is 35.5. The average molecular weight is 432 g/mol. The maximum Gasteiger partial charge on any atom is 0.219 e. The first-order valence-electron chi connectivity index (χ1n) is 9.48. The van der Waals surface area contributed by atoms with Crippen LogP contribution in [0.5, 0.6) is 5.88 Å². The molecule has 0 amide bonds. The van der Waals surface area contributed by atoms with Crippen molar-refractivity contribution in [2.24, 2.45) is 0 Å². The number of hydrogen-bond acceptors (Lipinski definition) is 5. The lowest BCUT2D eigenvalue weighted by Crippen LogP contribution is -1.97. The number of aromatic hydroxyl groups is 1. The number of benzene rings is 2. The van der Waals surface area contributed by atoms with E-state index in [2.05, 4.69) is 15.2 Å². The van der Waals surface area contributed by atoms with Crippen molar-refractivity contribution in [1.29, 1.82) is 0 Å². The van der Waals surface area contributed by atoms with E-state index in [0.29, 0.717) is 34.7 Å². The summed E-state index contributed by atoms with van der Waals surface area (Å²) in [5.74, 6) is -0.322. The van der Waals surface area contributed by atoms with Gasteiger partial charge in [0.1, 0.15) is 17.2 Å². The Labute approximate surface area is 181 Å². The van der Waals surface area contributed by atoms with Gasteiger partial charge in [0.05, 0.1) is 11.9 Å². The molecule has 5 aromatic rings. The molecule has 0 atom stereocenters. The summed E-state index contributed by atoms with van der Waals surface area (Å²) in [5.41, 5.74) is 4.40. The zero-order valence-electron chi connectivity index (χ0n) is 16.1. The molecule has 0 aliphatic heterocycles. The smallest absolute Gasteiger partial charge is 0.219 e. The van der Waals surface area contributed by atoms with Gasteiger partial charge in [-0.15, -0.1) is 5.10 Å². The third kappa shape index (κ3) is 3.71. The molecule has 0 bridgehead atoms. The van der Waals surface area contributed by atoms with E-state index in [1.165, 1.54) is 12.1 Å². The first-order valence-corrected chi connectivity index (χ1v) is 9.86. The molecule has 5 rings (SSSR count). The number of hydrogen-bond donors (Lipinski definition) is 1. The van der Waals surface area contributed by atoms with E-state index in [1.54, 1.807) is 35.0 Å². The normalized spacial score (nSPS) is 11.2. The summed E-state index contributed by atoms with van der Waals surface area (Å²) < 4.78 is 14.8. The lowest BCUT2D eigenvalue weighted by molar-refractivity contribution is 0.442. The van der Waals surface area contributed by atoms with Crippen LogP contribution in [0.25, 0.3) is 28.2 Å². The number of aromatic nitrogens is 5. The molecule has 152 valence electrons. The molecule has 3 heterocycles. The Bertz CT molecular complexity index is 1390. The van der Waals surface area contributed by atoms with Crippen molar-refractivity contribution in [3.05, 3.63) is 95.3 Å². The molecule has 0 radical (unpaired) electrons. The minimum Gasteiger partial charge on any atom is -0.493 e. The van der Waals surface area contributed by atoms with Gasteiger partial charge in [-0.2, -0.15) is 5.10 Å². The minimum atomic E-state index is -0.316. The van der Waals surface area contributed by atoms with Crippen molar-refractivity contribution in [3.8, 4) is 28.4 Å². The van der Waals surface area contributed by atoms with Crippen LogP contribution in [0.3, 0.4) is 0 Å². The molecule has 0 unspecified atom stereocenters. The molecule has 8 heteroatoms. The van der Waals surface area contributed by atoms with Crippen molar-refractivity contribution in [2.45, 2.75) is 6.42 Å². The van der Waals surface area contributed by atoms with Gasteiger partial charge in [-0.25, -0.2) is 14.4 Å². The van der Waals surface area contributed by atoms with Gasteiger partial charge in [0.15, 0.2) is 10.8 Å². The van der Waals surface area contributed by atoms with Gasteiger partial charge < -0.3 is 5.11 Å². The van der Waals surface area contributed by atoms with Crippen LogP contribution in [-0.4, -0.2) is 29.7 Å². The lowest BCUT2D eigenvalue weighted by atomic mass is 10.1. The molecule has 31 heavy (non-hydrogen) atoms. The summed E-state index contributed by atoms with van der Waals surface area (Å²) in [6.07, 6.45) is 3.62. The maximum atomic E-state index is 13.3. The quantitative estimate of drug-likeness (QED) is 0.436. The van der Waals surface area contributed by atoms with Crippen LogP contribution in [0, 0.1) is 5.82 Å². The summed E-state index contributed by atoms with van der Waals surface area (Å²) in [6.45, 7) is 0. The van der Waals surface area contributed by atoms with E-state index < -0.39 is 0 Å². The van der Waals surface area contributed by atoms with Gasteiger partial charge in [-0.1, -0.05) is 54.1 Å². The molecule has 3 aromatic heterocycles. The highest BCUT2D eigenvalue weighted by Gasteiger charge is 2.19. The van der Waals surface area contributed by atoms with Gasteiger partial charge in [-0.3, -0.25) is 4.40 Å². The summed E-state index contributed by atoms with van der Waals surface area (Å²) in [5, 5.41) is 18.9. The molecule has 0 aliphatic carbocycles.